The summed E-state index contributed by atoms with van der Waals surface area (Å²) < 4.78 is 26.9. The molecule has 0 bridgehead atoms. The first kappa shape index (κ1) is 18.2. The maximum absolute atomic E-state index is 13.8. The Morgan fingerprint density at radius 3 is 2.57 bits per heavy atom. The molecule has 144 valence electrons. The van der Waals surface area contributed by atoms with Crippen LogP contribution in [0.15, 0.2) is 36.4 Å². The molecule has 0 atom stereocenters. The van der Waals surface area contributed by atoms with Crippen LogP contribution in [-0.2, 0) is 0 Å². The van der Waals surface area contributed by atoms with Crippen LogP contribution in [0.5, 0.6) is 0 Å². The third-order valence-electron chi connectivity index (χ3n) is 4.83. The van der Waals surface area contributed by atoms with Crippen molar-refractivity contribution in [1.29, 1.82) is 0 Å². The fourth-order valence-electron chi connectivity index (χ4n) is 3.28. The standard InChI is InChI=1S/C21H20F2N4O/c1-11-3-7-15(12(2)9-11)19-20(18(26-27-19)13-4-5-13)25-21(28)24-17-8-6-14(22)10-16(17)23/h3,6-10,13H,4-5H2,1-2H3,(H,26,27)(H2,24,25,28). The van der Waals surface area contributed by atoms with Crippen molar-refractivity contribution in [2.45, 2.75) is 32.6 Å². The van der Waals surface area contributed by atoms with Crippen LogP contribution >= 0.6 is 0 Å². The smallest absolute Gasteiger partial charge is 0.305 e. The highest BCUT2D eigenvalue weighted by molar-refractivity contribution is 6.02. The van der Waals surface area contributed by atoms with Crippen LogP contribution in [0.3, 0.4) is 0 Å². The molecule has 7 heteroatoms. The first-order chi connectivity index (χ1) is 13.4. The highest BCUT2D eigenvalue weighted by Gasteiger charge is 2.31. The summed E-state index contributed by atoms with van der Waals surface area (Å²) in [7, 11) is 0. The molecule has 5 nitrogen and oxygen atoms in total. The van der Waals surface area contributed by atoms with Crippen LogP contribution in [0.1, 0.15) is 35.6 Å². The average Bonchev–Trinajstić information content (AvgIpc) is 3.40. The number of aromatic amines is 1. The second kappa shape index (κ2) is 7.07. The number of anilines is 2. The van der Waals surface area contributed by atoms with Crippen molar-refractivity contribution in [3.8, 4) is 11.3 Å². The van der Waals surface area contributed by atoms with Crippen LogP contribution in [0.4, 0.5) is 25.0 Å². The number of nitrogens with one attached hydrogen (secondary N) is 3. The quantitative estimate of drug-likeness (QED) is 0.558. The summed E-state index contributed by atoms with van der Waals surface area (Å²) in [5, 5.41) is 12.7. The summed E-state index contributed by atoms with van der Waals surface area (Å²) in [5.74, 6) is -1.21. The molecule has 0 saturated heterocycles. The van der Waals surface area contributed by atoms with Gasteiger partial charge >= 0.3 is 6.03 Å². The number of halogens is 2. The van der Waals surface area contributed by atoms with E-state index in [1.165, 1.54) is 6.07 Å². The number of carbonyl (C=O) groups excluding carboxylic acids is 1. The summed E-state index contributed by atoms with van der Waals surface area (Å²) in [6, 6.07) is 8.41. The molecule has 1 heterocycles. The maximum atomic E-state index is 13.8. The monoisotopic (exact) mass is 382 g/mol. The Morgan fingerprint density at radius 2 is 1.89 bits per heavy atom. The van der Waals surface area contributed by atoms with Crippen LogP contribution < -0.4 is 10.6 Å². The molecule has 0 unspecified atom stereocenters. The van der Waals surface area contributed by atoms with Crippen molar-refractivity contribution in [2.24, 2.45) is 0 Å². The average molecular weight is 382 g/mol. The number of hydrogen-bond acceptors (Lipinski definition) is 2. The van der Waals surface area contributed by atoms with E-state index in [-0.39, 0.29) is 5.69 Å². The van der Waals surface area contributed by atoms with E-state index in [9.17, 15) is 13.6 Å². The zero-order valence-corrected chi connectivity index (χ0v) is 15.6. The molecule has 4 rings (SSSR count). The lowest BCUT2D eigenvalue weighted by molar-refractivity contribution is 0.262. The van der Waals surface area contributed by atoms with Crippen molar-refractivity contribution in [2.75, 3.05) is 10.6 Å². The zero-order chi connectivity index (χ0) is 19.8. The van der Waals surface area contributed by atoms with E-state index in [0.29, 0.717) is 17.3 Å². The summed E-state index contributed by atoms with van der Waals surface area (Å²) in [4.78, 5) is 12.5. The number of hydrogen-bond donors (Lipinski definition) is 3. The lowest BCUT2D eigenvalue weighted by atomic mass is 10.0. The molecule has 1 saturated carbocycles. The van der Waals surface area contributed by atoms with Crippen LogP contribution in [0.2, 0.25) is 0 Å². The lowest BCUT2D eigenvalue weighted by Gasteiger charge is -2.12. The first-order valence-corrected chi connectivity index (χ1v) is 9.11. The van der Waals surface area contributed by atoms with Gasteiger partial charge in [-0.3, -0.25) is 5.10 Å². The summed E-state index contributed by atoms with van der Waals surface area (Å²) in [6.07, 6.45) is 2.05. The van der Waals surface area contributed by atoms with Gasteiger partial charge in [0, 0.05) is 17.5 Å². The Kier molecular flexibility index (Phi) is 4.58. The molecule has 3 aromatic rings. The SMILES string of the molecule is Cc1ccc(-c2n[nH]c(C3CC3)c2NC(=O)Nc2ccc(F)cc2F)c(C)c1. The third-order valence-corrected chi connectivity index (χ3v) is 4.83. The molecule has 1 aliphatic carbocycles. The van der Waals surface area contributed by atoms with Gasteiger partial charge in [0.15, 0.2) is 0 Å². The number of H-pyrrole nitrogens is 1. The van der Waals surface area contributed by atoms with E-state index in [0.717, 1.165) is 47.4 Å². The van der Waals surface area contributed by atoms with E-state index < -0.39 is 17.7 Å². The molecule has 2 amide bonds. The number of rotatable bonds is 4. The van der Waals surface area contributed by atoms with Crippen molar-refractivity contribution in [3.63, 3.8) is 0 Å². The van der Waals surface area contributed by atoms with Crippen LogP contribution in [0.25, 0.3) is 11.3 Å². The second-order valence-electron chi connectivity index (χ2n) is 7.16. The van der Waals surface area contributed by atoms with Crippen molar-refractivity contribution < 1.29 is 13.6 Å². The maximum Gasteiger partial charge on any atom is 0.323 e. The largest absolute Gasteiger partial charge is 0.323 e. The highest BCUT2D eigenvalue weighted by atomic mass is 19.1. The third kappa shape index (κ3) is 3.60. The van der Waals surface area contributed by atoms with E-state index >= 15 is 0 Å². The van der Waals surface area contributed by atoms with Gasteiger partial charge in [-0.2, -0.15) is 5.10 Å². The minimum absolute atomic E-state index is 0.0940. The van der Waals surface area contributed by atoms with Crippen molar-refractivity contribution >= 4 is 17.4 Å². The van der Waals surface area contributed by atoms with E-state index in [4.69, 9.17) is 0 Å². The van der Waals surface area contributed by atoms with E-state index in [2.05, 4.69) is 26.9 Å². The summed E-state index contributed by atoms with van der Waals surface area (Å²) in [6.45, 7) is 4.01. The Labute approximate surface area is 161 Å². The Balaban J connectivity index is 1.64. The molecular formula is C21H20F2N4O. The predicted octanol–water partition coefficient (Wildman–Crippen LogP) is 5.49. The molecule has 0 spiro atoms. The van der Waals surface area contributed by atoms with Gasteiger partial charge in [0.05, 0.1) is 17.1 Å². The number of nitrogens with zero attached hydrogens (tertiary/aromatic N) is 1. The van der Waals surface area contributed by atoms with Crippen molar-refractivity contribution in [1.82, 2.24) is 10.2 Å². The van der Waals surface area contributed by atoms with Gasteiger partial charge in [-0.1, -0.05) is 23.8 Å². The van der Waals surface area contributed by atoms with Gasteiger partial charge in [0.2, 0.25) is 0 Å². The second-order valence-corrected chi connectivity index (χ2v) is 7.16. The number of aromatic nitrogens is 2. The minimum atomic E-state index is -0.834. The topological polar surface area (TPSA) is 69.8 Å². The van der Waals surface area contributed by atoms with E-state index in [1.807, 2.05) is 26.0 Å². The zero-order valence-electron chi connectivity index (χ0n) is 15.6. The van der Waals surface area contributed by atoms with Gasteiger partial charge < -0.3 is 10.6 Å². The number of carbonyl (C=O) groups is 1. The molecule has 1 fully saturated rings. The Bertz CT molecular complexity index is 1060. The molecule has 3 N–H and O–H groups in total. The number of benzene rings is 2. The summed E-state index contributed by atoms with van der Waals surface area (Å²) in [5.41, 5.74) is 5.11. The summed E-state index contributed by atoms with van der Waals surface area (Å²) >= 11 is 0. The Morgan fingerprint density at radius 1 is 1.11 bits per heavy atom. The normalized spacial score (nSPS) is 13.4. The number of aryl methyl sites for hydroxylation is 2. The fourth-order valence-corrected chi connectivity index (χ4v) is 3.28. The fraction of sp³-hybridized carbons (Fsp3) is 0.238. The molecule has 2 aromatic carbocycles. The van der Waals surface area contributed by atoms with Gasteiger partial charge in [0.25, 0.3) is 0 Å². The molecule has 0 radical (unpaired) electrons. The van der Waals surface area contributed by atoms with Crippen LogP contribution in [-0.4, -0.2) is 16.2 Å². The van der Waals surface area contributed by atoms with Crippen molar-refractivity contribution in [3.05, 3.63) is 64.9 Å². The van der Waals surface area contributed by atoms with Crippen LogP contribution in [0, 0.1) is 25.5 Å². The lowest BCUT2D eigenvalue weighted by Crippen LogP contribution is -2.21. The van der Waals surface area contributed by atoms with Gasteiger partial charge in [0.1, 0.15) is 17.3 Å². The van der Waals surface area contributed by atoms with Gasteiger partial charge in [-0.15, -0.1) is 0 Å². The molecular weight excluding hydrogens is 362 g/mol. The van der Waals surface area contributed by atoms with Gasteiger partial charge in [-0.25, -0.2) is 13.6 Å². The predicted molar refractivity (Wildman–Crippen MR) is 104 cm³/mol. The highest BCUT2D eigenvalue weighted by Crippen LogP contribution is 2.45. The molecule has 28 heavy (non-hydrogen) atoms. The molecule has 1 aliphatic rings. The Hall–Kier alpha value is -3.22. The number of urea groups is 1. The van der Waals surface area contributed by atoms with Gasteiger partial charge in [-0.05, 0) is 44.4 Å². The minimum Gasteiger partial charge on any atom is -0.305 e. The number of amides is 2. The molecule has 0 aliphatic heterocycles. The first-order valence-electron chi connectivity index (χ1n) is 9.11. The van der Waals surface area contributed by atoms with E-state index in [1.54, 1.807) is 0 Å². The molecule has 1 aromatic heterocycles.